The van der Waals surface area contributed by atoms with E-state index in [2.05, 4.69) is 9.97 Å². The number of hydrogen-bond donors (Lipinski definition) is 0. The highest BCUT2D eigenvalue weighted by molar-refractivity contribution is 7.99. The molecule has 0 radical (unpaired) electrons. The first-order chi connectivity index (χ1) is 12.4. The van der Waals surface area contributed by atoms with Crippen LogP contribution in [0.15, 0.2) is 44.7 Å². The van der Waals surface area contributed by atoms with Crippen LogP contribution in [0.3, 0.4) is 0 Å². The molecule has 0 bridgehead atoms. The molecule has 0 unspecified atom stereocenters. The third-order valence-electron chi connectivity index (χ3n) is 3.66. The quantitative estimate of drug-likeness (QED) is 0.295. The minimum absolute atomic E-state index is 0.0122. The van der Waals surface area contributed by atoms with Crippen LogP contribution in [0, 0.1) is 20.8 Å². The topological polar surface area (TPSA) is 82.3 Å². The molecule has 26 heavy (non-hydrogen) atoms. The van der Waals surface area contributed by atoms with Crippen molar-refractivity contribution in [3.63, 3.8) is 0 Å². The Morgan fingerprint density at radius 3 is 2.58 bits per heavy atom. The maximum atomic E-state index is 12.0. The zero-order chi connectivity index (χ0) is 18.7. The van der Waals surface area contributed by atoms with Gasteiger partial charge in [0.1, 0.15) is 12.2 Å². The van der Waals surface area contributed by atoms with Crippen LogP contribution >= 0.6 is 11.8 Å². The maximum absolute atomic E-state index is 12.0. The largest absolute Gasteiger partial charge is 0.460 e. The van der Waals surface area contributed by atoms with Gasteiger partial charge in [-0.2, -0.15) is 0 Å². The second-order valence-electron chi connectivity index (χ2n) is 5.97. The average molecular weight is 370 g/mol. The van der Waals surface area contributed by atoms with Gasteiger partial charge in [0.15, 0.2) is 5.16 Å². The normalized spacial score (nSPS) is 10.9. The highest BCUT2D eigenvalue weighted by atomic mass is 32.2. The Balaban J connectivity index is 1.66. The summed E-state index contributed by atoms with van der Waals surface area (Å²) < 4.78 is 10.5. The van der Waals surface area contributed by atoms with E-state index >= 15 is 0 Å². The van der Waals surface area contributed by atoms with E-state index in [1.54, 1.807) is 6.07 Å². The number of fused-ring (bicyclic) bond motifs is 1. The van der Waals surface area contributed by atoms with Gasteiger partial charge in [-0.3, -0.25) is 4.79 Å². The molecule has 6 nitrogen and oxygen atoms in total. The lowest BCUT2D eigenvalue weighted by molar-refractivity contribution is -0.141. The summed E-state index contributed by atoms with van der Waals surface area (Å²) in [5, 5.41) is 1.30. The fourth-order valence-electron chi connectivity index (χ4n) is 2.54. The molecule has 0 aliphatic heterocycles. The highest BCUT2D eigenvalue weighted by Crippen LogP contribution is 2.20. The van der Waals surface area contributed by atoms with E-state index in [9.17, 15) is 9.59 Å². The van der Waals surface area contributed by atoms with Crippen molar-refractivity contribution in [2.75, 3.05) is 5.75 Å². The van der Waals surface area contributed by atoms with Crippen LogP contribution in [0.25, 0.3) is 11.0 Å². The van der Waals surface area contributed by atoms with Gasteiger partial charge in [0, 0.05) is 28.4 Å². The second kappa shape index (κ2) is 7.70. The van der Waals surface area contributed by atoms with E-state index in [1.807, 2.05) is 39.0 Å². The van der Waals surface area contributed by atoms with Gasteiger partial charge in [-0.25, -0.2) is 14.8 Å². The molecule has 0 atom stereocenters. The lowest BCUT2D eigenvalue weighted by Crippen LogP contribution is -2.10. The predicted octanol–water partition coefficient (Wildman–Crippen LogP) is 3.34. The third kappa shape index (κ3) is 4.49. The summed E-state index contributed by atoms with van der Waals surface area (Å²) >= 11 is 1.22. The molecular formula is C19H18N2O4S. The minimum Gasteiger partial charge on any atom is -0.460 e. The fourth-order valence-corrected chi connectivity index (χ4v) is 3.29. The highest BCUT2D eigenvalue weighted by Gasteiger charge is 2.11. The smallest absolute Gasteiger partial charge is 0.336 e. The van der Waals surface area contributed by atoms with Gasteiger partial charge in [0.05, 0.1) is 5.75 Å². The van der Waals surface area contributed by atoms with Crippen LogP contribution in [-0.2, 0) is 16.1 Å². The van der Waals surface area contributed by atoms with Crippen LogP contribution in [-0.4, -0.2) is 21.7 Å². The summed E-state index contributed by atoms with van der Waals surface area (Å²) in [7, 11) is 0. The first-order valence-corrected chi connectivity index (χ1v) is 9.03. The van der Waals surface area contributed by atoms with Crippen molar-refractivity contribution in [1.29, 1.82) is 0 Å². The van der Waals surface area contributed by atoms with E-state index in [-0.39, 0.29) is 12.4 Å². The van der Waals surface area contributed by atoms with Crippen LogP contribution in [0.2, 0.25) is 0 Å². The molecule has 0 saturated carbocycles. The van der Waals surface area contributed by atoms with Gasteiger partial charge in [-0.15, -0.1) is 0 Å². The number of rotatable bonds is 5. The average Bonchev–Trinajstić information content (AvgIpc) is 2.56. The molecule has 2 aromatic heterocycles. The molecule has 0 fully saturated rings. The number of thioether (sulfide) groups is 1. The summed E-state index contributed by atoms with van der Waals surface area (Å²) in [5.41, 5.74) is 3.34. The molecule has 3 rings (SSSR count). The van der Waals surface area contributed by atoms with Gasteiger partial charge in [0.2, 0.25) is 0 Å². The summed E-state index contributed by atoms with van der Waals surface area (Å²) in [5.74, 6) is -0.298. The molecular weight excluding hydrogens is 352 g/mol. The van der Waals surface area contributed by atoms with Gasteiger partial charge in [0.25, 0.3) is 0 Å². The van der Waals surface area contributed by atoms with E-state index in [0.29, 0.717) is 16.3 Å². The van der Waals surface area contributed by atoms with Gasteiger partial charge in [-0.1, -0.05) is 23.9 Å². The lowest BCUT2D eigenvalue weighted by Gasteiger charge is -2.08. The summed E-state index contributed by atoms with van der Waals surface area (Å²) in [4.78, 5) is 32.3. The number of hydrogen-bond acceptors (Lipinski definition) is 7. The summed E-state index contributed by atoms with van der Waals surface area (Å²) in [6.07, 6.45) is 0. The van der Waals surface area contributed by atoms with Gasteiger partial charge in [-0.05, 0) is 38.5 Å². The van der Waals surface area contributed by atoms with Crippen LogP contribution in [0.5, 0.6) is 0 Å². The predicted molar refractivity (Wildman–Crippen MR) is 99.2 cm³/mol. The number of benzene rings is 1. The summed E-state index contributed by atoms with van der Waals surface area (Å²) in [6, 6.07) is 8.78. The first-order valence-electron chi connectivity index (χ1n) is 8.05. The van der Waals surface area contributed by atoms with Crippen LogP contribution < -0.4 is 5.63 Å². The van der Waals surface area contributed by atoms with Crippen molar-refractivity contribution in [2.24, 2.45) is 0 Å². The van der Waals surface area contributed by atoms with Crippen molar-refractivity contribution in [3.05, 3.63) is 63.3 Å². The molecule has 3 aromatic rings. The number of aromatic nitrogens is 2. The van der Waals surface area contributed by atoms with Crippen molar-refractivity contribution in [2.45, 2.75) is 32.5 Å². The Bertz CT molecular complexity index is 1010. The van der Waals surface area contributed by atoms with Crippen molar-refractivity contribution < 1.29 is 13.9 Å². The lowest BCUT2D eigenvalue weighted by atomic mass is 10.1. The van der Waals surface area contributed by atoms with E-state index in [0.717, 1.165) is 22.3 Å². The van der Waals surface area contributed by atoms with Crippen molar-refractivity contribution in [1.82, 2.24) is 9.97 Å². The van der Waals surface area contributed by atoms with Gasteiger partial charge >= 0.3 is 11.6 Å². The maximum Gasteiger partial charge on any atom is 0.336 e. The minimum atomic E-state index is -0.466. The Morgan fingerprint density at radius 2 is 1.85 bits per heavy atom. The van der Waals surface area contributed by atoms with Crippen molar-refractivity contribution >= 4 is 28.7 Å². The first kappa shape index (κ1) is 18.1. The monoisotopic (exact) mass is 370 g/mol. The van der Waals surface area contributed by atoms with Gasteiger partial charge < -0.3 is 9.15 Å². The van der Waals surface area contributed by atoms with E-state index in [1.165, 1.54) is 17.8 Å². The van der Waals surface area contributed by atoms with Crippen LogP contribution in [0.4, 0.5) is 0 Å². The number of carbonyl (C=O) groups is 1. The Labute approximate surface area is 154 Å². The number of esters is 1. The molecule has 2 heterocycles. The number of ether oxygens (including phenoxy) is 1. The standard InChI is InChI=1S/C19H18N2O4S/c1-11-4-5-15-14(8-17(22)25-16(15)6-11)9-24-18(23)10-26-19-20-12(2)7-13(3)21-19/h4-8H,9-10H2,1-3H3. The number of nitrogens with zero attached hydrogens (tertiary/aromatic N) is 2. The number of aryl methyl sites for hydroxylation is 3. The fraction of sp³-hybridized carbons (Fsp3) is 0.263. The van der Waals surface area contributed by atoms with Crippen molar-refractivity contribution in [3.8, 4) is 0 Å². The van der Waals surface area contributed by atoms with E-state index < -0.39 is 11.6 Å². The third-order valence-corrected chi connectivity index (χ3v) is 4.48. The molecule has 0 saturated heterocycles. The van der Waals surface area contributed by atoms with Crippen LogP contribution in [0.1, 0.15) is 22.5 Å². The molecule has 1 aromatic carbocycles. The Hall–Kier alpha value is -2.67. The molecule has 0 aliphatic rings. The van der Waals surface area contributed by atoms with E-state index in [4.69, 9.17) is 9.15 Å². The zero-order valence-electron chi connectivity index (χ0n) is 14.7. The molecule has 0 N–H and O–H groups in total. The molecule has 7 heteroatoms. The summed E-state index contributed by atoms with van der Waals surface area (Å²) in [6.45, 7) is 5.69. The SMILES string of the molecule is Cc1ccc2c(COC(=O)CSc3nc(C)cc(C)n3)cc(=O)oc2c1. The second-order valence-corrected chi connectivity index (χ2v) is 6.92. The molecule has 134 valence electrons. The Kier molecular flexibility index (Phi) is 5.37. The number of carbonyl (C=O) groups excluding carboxylic acids is 1. The Morgan fingerprint density at radius 1 is 1.12 bits per heavy atom. The zero-order valence-corrected chi connectivity index (χ0v) is 15.6. The molecule has 0 amide bonds. The molecule has 0 aliphatic carbocycles. The molecule has 0 spiro atoms.